The van der Waals surface area contributed by atoms with E-state index in [0.717, 1.165) is 45.2 Å². The molecule has 1 saturated heterocycles. The number of benzene rings is 1. The van der Waals surface area contributed by atoms with Gasteiger partial charge in [-0.2, -0.15) is 0 Å². The van der Waals surface area contributed by atoms with Gasteiger partial charge in [0.2, 0.25) is 15.9 Å². The zero-order valence-corrected chi connectivity index (χ0v) is 17.0. The van der Waals surface area contributed by atoms with Gasteiger partial charge in [-0.05, 0) is 43.6 Å². The summed E-state index contributed by atoms with van der Waals surface area (Å²) in [5, 5.41) is 0. The molecule has 27 heavy (non-hydrogen) atoms. The average molecular weight is 394 g/mol. The summed E-state index contributed by atoms with van der Waals surface area (Å²) in [6.45, 7) is 3.02. The number of nitrogens with one attached hydrogen (secondary N) is 1. The van der Waals surface area contributed by atoms with Crippen LogP contribution in [0.15, 0.2) is 30.3 Å². The fraction of sp³-hybridized carbons (Fsp3) is 0.650. The van der Waals surface area contributed by atoms with Gasteiger partial charge in [0, 0.05) is 32.2 Å². The summed E-state index contributed by atoms with van der Waals surface area (Å²) < 4.78 is 25.0. The van der Waals surface area contributed by atoms with E-state index in [0.29, 0.717) is 31.6 Å². The minimum atomic E-state index is -3.18. The molecule has 1 N–H and O–H groups in total. The molecule has 1 aromatic rings. The van der Waals surface area contributed by atoms with E-state index in [1.165, 1.54) is 11.8 Å². The molecule has 150 valence electrons. The van der Waals surface area contributed by atoms with Crippen LogP contribution in [0.5, 0.6) is 0 Å². The third kappa shape index (κ3) is 6.90. The molecule has 0 bridgehead atoms. The van der Waals surface area contributed by atoms with Crippen molar-refractivity contribution in [3.63, 3.8) is 0 Å². The van der Waals surface area contributed by atoms with Gasteiger partial charge in [-0.1, -0.05) is 30.3 Å². The van der Waals surface area contributed by atoms with E-state index >= 15 is 0 Å². The Morgan fingerprint density at radius 2 is 1.81 bits per heavy atom. The first-order valence-corrected chi connectivity index (χ1v) is 11.8. The lowest BCUT2D eigenvalue weighted by Crippen LogP contribution is -2.46. The van der Waals surface area contributed by atoms with E-state index in [4.69, 9.17) is 0 Å². The summed E-state index contributed by atoms with van der Waals surface area (Å²) in [6, 6.07) is 11.0. The second-order valence-electron chi connectivity index (χ2n) is 7.88. The SMILES string of the molecule is CS(=O)(=O)NCCN(CC(=O)N1CCC(Cc2ccccc2)CC1)C1CC1. The minimum absolute atomic E-state index is 0.180. The maximum atomic E-state index is 12.7. The van der Waals surface area contributed by atoms with Crippen molar-refractivity contribution in [2.24, 2.45) is 5.92 Å². The Kier molecular flexibility index (Phi) is 6.89. The molecule has 0 atom stereocenters. The third-order valence-corrected chi connectivity index (χ3v) is 6.23. The first-order chi connectivity index (χ1) is 12.9. The monoisotopic (exact) mass is 393 g/mol. The van der Waals surface area contributed by atoms with Gasteiger partial charge < -0.3 is 4.90 Å². The van der Waals surface area contributed by atoms with E-state index in [-0.39, 0.29) is 5.91 Å². The van der Waals surface area contributed by atoms with Crippen LogP contribution in [-0.4, -0.2) is 69.1 Å². The molecule has 1 heterocycles. The summed E-state index contributed by atoms with van der Waals surface area (Å²) in [5.41, 5.74) is 1.38. The number of nitrogens with zero attached hydrogens (tertiary/aromatic N) is 2. The first kappa shape index (κ1) is 20.3. The van der Waals surface area contributed by atoms with Crippen LogP contribution in [0, 0.1) is 5.92 Å². The molecule has 0 radical (unpaired) electrons. The Bertz CT molecular complexity index is 711. The lowest BCUT2D eigenvalue weighted by Gasteiger charge is -2.34. The van der Waals surface area contributed by atoms with Crippen LogP contribution in [0.4, 0.5) is 0 Å². The number of carbonyl (C=O) groups is 1. The average Bonchev–Trinajstić information content (AvgIpc) is 3.46. The number of likely N-dealkylation sites (tertiary alicyclic amines) is 1. The highest BCUT2D eigenvalue weighted by atomic mass is 32.2. The zero-order valence-electron chi connectivity index (χ0n) is 16.1. The van der Waals surface area contributed by atoms with Crippen LogP contribution in [0.25, 0.3) is 0 Å². The highest BCUT2D eigenvalue weighted by molar-refractivity contribution is 7.88. The standard InChI is InChI=1S/C20H31N3O3S/c1-27(25,26)21-11-14-23(19-7-8-19)16-20(24)22-12-9-18(10-13-22)15-17-5-3-2-4-6-17/h2-6,18-19,21H,7-16H2,1H3. The normalized spacial score (nSPS) is 18.8. The van der Waals surface area contributed by atoms with Gasteiger partial charge in [0.1, 0.15) is 0 Å². The van der Waals surface area contributed by atoms with Crippen molar-refractivity contribution in [2.45, 2.75) is 38.1 Å². The summed E-state index contributed by atoms with van der Waals surface area (Å²) in [4.78, 5) is 16.8. The van der Waals surface area contributed by atoms with E-state index in [1.54, 1.807) is 0 Å². The lowest BCUT2D eigenvalue weighted by molar-refractivity contribution is -0.134. The smallest absolute Gasteiger partial charge is 0.236 e. The van der Waals surface area contributed by atoms with Crippen LogP contribution in [0.1, 0.15) is 31.2 Å². The van der Waals surface area contributed by atoms with Crippen molar-refractivity contribution in [3.05, 3.63) is 35.9 Å². The van der Waals surface area contributed by atoms with E-state index < -0.39 is 10.0 Å². The Morgan fingerprint density at radius 3 is 2.41 bits per heavy atom. The molecule has 1 aliphatic carbocycles. The highest BCUT2D eigenvalue weighted by Crippen LogP contribution is 2.27. The predicted molar refractivity (Wildman–Crippen MR) is 107 cm³/mol. The molecule has 2 aliphatic rings. The van der Waals surface area contributed by atoms with Gasteiger partial charge in [-0.25, -0.2) is 13.1 Å². The number of hydrogen-bond donors (Lipinski definition) is 1. The summed E-state index contributed by atoms with van der Waals surface area (Å²) in [6.07, 6.45) is 6.57. The second-order valence-corrected chi connectivity index (χ2v) is 9.72. The van der Waals surface area contributed by atoms with Crippen molar-refractivity contribution in [1.82, 2.24) is 14.5 Å². The Balaban J connectivity index is 1.42. The molecule has 0 unspecified atom stereocenters. The van der Waals surface area contributed by atoms with Gasteiger partial charge in [-0.15, -0.1) is 0 Å². The molecule has 6 nitrogen and oxygen atoms in total. The number of sulfonamides is 1. The van der Waals surface area contributed by atoms with E-state index in [9.17, 15) is 13.2 Å². The lowest BCUT2D eigenvalue weighted by atomic mass is 9.90. The predicted octanol–water partition coefficient (Wildman–Crippen LogP) is 1.48. The van der Waals surface area contributed by atoms with Gasteiger partial charge in [0.15, 0.2) is 0 Å². The summed E-state index contributed by atoms with van der Waals surface area (Å²) >= 11 is 0. The van der Waals surface area contributed by atoms with Crippen molar-refractivity contribution in [1.29, 1.82) is 0 Å². The molecule has 1 saturated carbocycles. The summed E-state index contributed by atoms with van der Waals surface area (Å²) in [7, 11) is -3.18. The van der Waals surface area contributed by atoms with Crippen LogP contribution in [-0.2, 0) is 21.2 Å². The van der Waals surface area contributed by atoms with Gasteiger partial charge in [0.05, 0.1) is 12.8 Å². The van der Waals surface area contributed by atoms with Gasteiger partial charge >= 0.3 is 0 Å². The molecule has 3 rings (SSSR count). The van der Waals surface area contributed by atoms with Crippen molar-refractivity contribution >= 4 is 15.9 Å². The molecular weight excluding hydrogens is 362 g/mol. The number of rotatable bonds is 9. The molecule has 1 aromatic carbocycles. The number of hydrogen-bond acceptors (Lipinski definition) is 4. The fourth-order valence-electron chi connectivity index (χ4n) is 3.81. The maximum absolute atomic E-state index is 12.7. The molecule has 1 amide bonds. The maximum Gasteiger partial charge on any atom is 0.236 e. The Morgan fingerprint density at radius 1 is 1.15 bits per heavy atom. The number of carbonyl (C=O) groups excluding carboxylic acids is 1. The van der Waals surface area contributed by atoms with Gasteiger partial charge in [0.25, 0.3) is 0 Å². The number of amides is 1. The Labute approximate surface area is 163 Å². The van der Waals surface area contributed by atoms with E-state index in [2.05, 4.69) is 33.9 Å². The molecule has 0 aromatic heterocycles. The van der Waals surface area contributed by atoms with Crippen molar-refractivity contribution in [2.75, 3.05) is 39.0 Å². The van der Waals surface area contributed by atoms with Crippen LogP contribution >= 0.6 is 0 Å². The fourth-order valence-corrected chi connectivity index (χ4v) is 4.27. The van der Waals surface area contributed by atoms with Crippen LogP contribution in [0.2, 0.25) is 0 Å². The van der Waals surface area contributed by atoms with Gasteiger partial charge in [-0.3, -0.25) is 9.69 Å². The minimum Gasteiger partial charge on any atom is -0.342 e. The molecular formula is C20H31N3O3S. The number of piperidine rings is 1. The second kappa shape index (κ2) is 9.17. The van der Waals surface area contributed by atoms with Crippen LogP contribution in [0.3, 0.4) is 0 Å². The largest absolute Gasteiger partial charge is 0.342 e. The Hall–Kier alpha value is -1.44. The third-order valence-electron chi connectivity index (χ3n) is 5.50. The zero-order chi connectivity index (χ0) is 19.3. The molecule has 0 spiro atoms. The highest BCUT2D eigenvalue weighted by Gasteiger charge is 2.32. The topological polar surface area (TPSA) is 69.7 Å². The first-order valence-electron chi connectivity index (χ1n) is 9.91. The van der Waals surface area contributed by atoms with Crippen molar-refractivity contribution < 1.29 is 13.2 Å². The molecule has 1 aliphatic heterocycles. The quantitative estimate of drug-likeness (QED) is 0.690. The van der Waals surface area contributed by atoms with E-state index in [1.807, 2.05) is 11.0 Å². The van der Waals surface area contributed by atoms with Crippen molar-refractivity contribution in [3.8, 4) is 0 Å². The molecule has 7 heteroatoms. The van der Waals surface area contributed by atoms with Crippen LogP contribution < -0.4 is 4.72 Å². The molecule has 2 fully saturated rings. The summed E-state index contributed by atoms with van der Waals surface area (Å²) in [5.74, 6) is 0.828.